The van der Waals surface area contributed by atoms with Crippen molar-refractivity contribution in [1.29, 1.82) is 0 Å². The molecule has 0 atom stereocenters. The van der Waals surface area contributed by atoms with E-state index in [1.165, 1.54) is 0 Å². The highest BCUT2D eigenvalue weighted by molar-refractivity contribution is 5.87. The Morgan fingerprint density at radius 3 is 2.39 bits per heavy atom. The first-order valence-electron chi connectivity index (χ1n) is 7.60. The Morgan fingerprint density at radius 1 is 1.09 bits per heavy atom. The normalized spacial score (nSPS) is 10.2. The molecule has 0 spiro atoms. The zero-order chi connectivity index (χ0) is 16.7. The first-order valence-corrected chi connectivity index (χ1v) is 7.60. The second kappa shape index (κ2) is 8.19. The van der Waals surface area contributed by atoms with Gasteiger partial charge in [0.1, 0.15) is 0 Å². The van der Waals surface area contributed by atoms with Crippen LogP contribution < -0.4 is 10.6 Å². The molecule has 0 aromatic heterocycles. The number of anilines is 2. The highest BCUT2D eigenvalue weighted by Gasteiger charge is 2.07. The van der Waals surface area contributed by atoms with Crippen LogP contribution in [-0.4, -0.2) is 17.8 Å². The average molecular weight is 314 g/mol. The van der Waals surface area contributed by atoms with E-state index in [0.29, 0.717) is 13.2 Å². The van der Waals surface area contributed by atoms with Crippen molar-refractivity contribution >= 4 is 17.5 Å². The highest BCUT2D eigenvalue weighted by Crippen LogP contribution is 2.24. The number of hydrogen-bond acceptors (Lipinski definition) is 4. The van der Waals surface area contributed by atoms with Crippen LogP contribution in [0.4, 0.5) is 16.2 Å². The summed E-state index contributed by atoms with van der Waals surface area (Å²) < 4.78 is 4.90. The van der Waals surface area contributed by atoms with Gasteiger partial charge in [0, 0.05) is 17.9 Å². The molecule has 0 saturated heterocycles. The fourth-order valence-electron chi connectivity index (χ4n) is 2.20. The molecule has 0 unspecified atom stereocenters. The molecule has 0 aliphatic rings. The van der Waals surface area contributed by atoms with Gasteiger partial charge >= 0.3 is 6.09 Å². The van der Waals surface area contributed by atoms with Gasteiger partial charge in [0.25, 0.3) is 0 Å². The van der Waals surface area contributed by atoms with Gasteiger partial charge in [0.15, 0.2) is 0 Å². The number of carbonyl (C=O) groups excluding carboxylic acids is 1. The molecule has 0 aliphatic carbocycles. The van der Waals surface area contributed by atoms with Crippen LogP contribution in [0.25, 0.3) is 0 Å². The van der Waals surface area contributed by atoms with Crippen LogP contribution >= 0.6 is 0 Å². The van der Waals surface area contributed by atoms with Crippen molar-refractivity contribution in [1.82, 2.24) is 0 Å². The first-order chi connectivity index (χ1) is 11.1. The topological polar surface area (TPSA) is 70.6 Å². The predicted octanol–water partition coefficient (Wildman–Crippen LogP) is 3.67. The molecule has 0 heterocycles. The number of carbonyl (C=O) groups is 1. The lowest BCUT2D eigenvalue weighted by Gasteiger charge is -2.14. The zero-order valence-corrected chi connectivity index (χ0v) is 13.4. The SMILES string of the molecule is CCOC(=O)Nc1cccc(NCc2ccc(CO)cc2)c1C. The molecule has 2 aromatic rings. The van der Waals surface area contributed by atoms with Gasteiger partial charge < -0.3 is 15.2 Å². The van der Waals surface area contributed by atoms with Crippen molar-refractivity contribution in [2.75, 3.05) is 17.2 Å². The van der Waals surface area contributed by atoms with Gasteiger partial charge in [-0.1, -0.05) is 30.3 Å². The number of amides is 1. The van der Waals surface area contributed by atoms with Crippen molar-refractivity contribution in [2.24, 2.45) is 0 Å². The van der Waals surface area contributed by atoms with Gasteiger partial charge in [-0.15, -0.1) is 0 Å². The van der Waals surface area contributed by atoms with E-state index >= 15 is 0 Å². The van der Waals surface area contributed by atoms with E-state index in [-0.39, 0.29) is 6.61 Å². The van der Waals surface area contributed by atoms with Crippen LogP contribution in [0.15, 0.2) is 42.5 Å². The van der Waals surface area contributed by atoms with Crippen LogP contribution in [0, 0.1) is 6.92 Å². The molecule has 0 saturated carbocycles. The van der Waals surface area contributed by atoms with Gasteiger partial charge in [-0.3, -0.25) is 5.32 Å². The van der Waals surface area contributed by atoms with Crippen LogP contribution in [0.5, 0.6) is 0 Å². The van der Waals surface area contributed by atoms with E-state index in [2.05, 4.69) is 10.6 Å². The minimum Gasteiger partial charge on any atom is -0.450 e. The van der Waals surface area contributed by atoms with Gasteiger partial charge in [0.05, 0.1) is 13.2 Å². The summed E-state index contributed by atoms with van der Waals surface area (Å²) in [5, 5.41) is 15.1. The van der Waals surface area contributed by atoms with E-state index in [9.17, 15) is 4.79 Å². The maximum atomic E-state index is 11.5. The molecule has 2 aromatic carbocycles. The summed E-state index contributed by atoms with van der Waals surface area (Å²) in [6.07, 6.45) is -0.452. The third kappa shape index (κ3) is 4.72. The van der Waals surface area contributed by atoms with E-state index in [1.807, 2.05) is 49.4 Å². The number of ether oxygens (including phenoxy) is 1. The Morgan fingerprint density at radius 2 is 1.74 bits per heavy atom. The lowest BCUT2D eigenvalue weighted by molar-refractivity contribution is 0.168. The van der Waals surface area contributed by atoms with E-state index < -0.39 is 6.09 Å². The van der Waals surface area contributed by atoms with E-state index in [4.69, 9.17) is 9.84 Å². The number of aliphatic hydroxyl groups is 1. The van der Waals surface area contributed by atoms with Gasteiger partial charge in [-0.05, 0) is 42.7 Å². The third-order valence-electron chi connectivity index (χ3n) is 3.53. The van der Waals surface area contributed by atoms with Crippen molar-refractivity contribution in [2.45, 2.75) is 27.0 Å². The molecule has 0 bridgehead atoms. The zero-order valence-electron chi connectivity index (χ0n) is 13.4. The first kappa shape index (κ1) is 16.8. The Labute approximate surface area is 136 Å². The monoisotopic (exact) mass is 314 g/mol. The quantitative estimate of drug-likeness (QED) is 0.761. The fraction of sp³-hybridized carbons (Fsp3) is 0.278. The summed E-state index contributed by atoms with van der Waals surface area (Å²) in [5.74, 6) is 0. The third-order valence-corrected chi connectivity index (χ3v) is 3.53. The molecular formula is C18H22N2O3. The maximum absolute atomic E-state index is 11.5. The molecule has 0 radical (unpaired) electrons. The maximum Gasteiger partial charge on any atom is 0.411 e. The van der Waals surface area contributed by atoms with Crippen molar-refractivity contribution in [3.8, 4) is 0 Å². The fourth-order valence-corrected chi connectivity index (χ4v) is 2.20. The largest absolute Gasteiger partial charge is 0.450 e. The Balaban J connectivity index is 2.03. The molecule has 2 rings (SSSR count). The lowest BCUT2D eigenvalue weighted by atomic mass is 10.1. The van der Waals surface area contributed by atoms with Crippen molar-refractivity contribution in [3.63, 3.8) is 0 Å². The lowest BCUT2D eigenvalue weighted by Crippen LogP contribution is -2.14. The Hall–Kier alpha value is -2.53. The molecule has 1 amide bonds. The minimum atomic E-state index is -0.452. The minimum absolute atomic E-state index is 0.0500. The molecule has 5 heteroatoms. The highest BCUT2D eigenvalue weighted by atomic mass is 16.5. The summed E-state index contributed by atoms with van der Waals surface area (Å²) in [7, 11) is 0. The van der Waals surface area contributed by atoms with E-state index in [0.717, 1.165) is 28.1 Å². The summed E-state index contributed by atoms with van der Waals surface area (Å²) >= 11 is 0. The molecule has 0 fully saturated rings. The number of aliphatic hydroxyl groups excluding tert-OH is 1. The summed E-state index contributed by atoms with van der Waals surface area (Å²) in [5.41, 5.74) is 4.64. The second-order valence-electron chi connectivity index (χ2n) is 5.15. The van der Waals surface area contributed by atoms with E-state index in [1.54, 1.807) is 6.92 Å². The smallest absolute Gasteiger partial charge is 0.411 e. The van der Waals surface area contributed by atoms with Crippen LogP contribution in [0.3, 0.4) is 0 Å². The van der Waals surface area contributed by atoms with Crippen LogP contribution in [0.2, 0.25) is 0 Å². The molecular weight excluding hydrogens is 292 g/mol. The second-order valence-corrected chi connectivity index (χ2v) is 5.15. The Bertz CT molecular complexity index is 654. The van der Waals surface area contributed by atoms with Crippen LogP contribution in [0.1, 0.15) is 23.6 Å². The predicted molar refractivity (Wildman–Crippen MR) is 91.5 cm³/mol. The summed E-state index contributed by atoms with van der Waals surface area (Å²) in [6.45, 7) is 4.77. The van der Waals surface area contributed by atoms with Crippen LogP contribution in [-0.2, 0) is 17.9 Å². The number of hydrogen-bond donors (Lipinski definition) is 3. The molecule has 23 heavy (non-hydrogen) atoms. The number of rotatable bonds is 6. The summed E-state index contributed by atoms with van der Waals surface area (Å²) in [6, 6.07) is 13.5. The molecule has 0 aliphatic heterocycles. The van der Waals surface area contributed by atoms with Gasteiger partial charge in [-0.25, -0.2) is 4.79 Å². The molecule has 122 valence electrons. The standard InChI is InChI=1S/C18H22N2O3/c1-3-23-18(22)20-17-6-4-5-16(13(17)2)19-11-14-7-9-15(12-21)10-8-14/h4-10,19,21H,3,11-12H2,1-2H3,(H,20,22). The van der Waals surface area contributed by atoms with Gasteiger partial charge in [0.2, 0.25) is 0 Å². The molecule has 5 nitrogen and oxygen atoms in total. The number of benzene rings is 2. The Kier molecular flexibility index (Phi) is 6.00. The van der Waals surface area contributed by atoms with Crippen molar-refractivity contribution < 1.29 is 14.6 Å². The van der Waals surface area contributed by atoms with Gasteiger partial charge in [-0.2, -0.15) is 0 Å². The molecule has 3 N–H and O–H groups in total. The summed E-state index contributed by atoms with van der Waals surface area (Å²) in [4.78, 5) is 11.5. The average Bonchev–Trinajstić information content (AvgIpc) is 2.56. The number of nitrogens with one attached hydrogen (secondary N) is 2. The van der Waals surface area contributed by atoms with Crippen molar-refractivity contribution in [3.05, 3.63) is 59.2 Å².